The van der Waals surface area contributed by atoms with Gasteiger partial charge in [0.2, 0.25) is 0 Å². The number of hydrazine groups is 1. The number of nitrogens with zero attached hydrogens (tertiary/aromatic N) is 2. The van der Waals surface area contributed by atoms with Crippen LogP contribution in [0.3, 0.4) is 0 Å². The van der Waals surface area contributed by atoms with Gasteiger partial charge in [0.15, 0.2) is 22.4 Å². The fraction of sp³-hybridized carbons (Fsp3) is 0.250. The molecular weight excluding hydrogens is 606 g/mol. The zero-order valence-electron chi connectivity index (χ0n) is 19.5. The van der Waals surface area contributed by atoms with Crippen LogP contribution in [-0.4, -0.2) is 72.0 Å². The number of thioether (sulfide) groups is 1. The molecule has 13 heteroatoms. The Balaban J connectivity index is 1.46. The Kier molecular flexibility index (Phi) is 9.08. The third-order valence-electron chi connectivity index (χ3n) is 5.37. The molecule has 0 spiro atoms. The summed E-state index contributed by atoms with van der Waals surface area (Å²) in [6.45, 7) is 1.91. The molecule has 37 heavy (non-hydrogen) atoms. The number of morpholine rings is 1. The minimum Gasteiger partial charge on any atom is -0.493 e. The highest BCUT2D eigenvalue weighted by molar-refractivity contribution is 9.10. The summed E-state index contributed by atoms with van der Waals surface area (Å²) in [7, 11) is 1.48. The number of hydrogen-bond donors (Lipinski definition) is 1. The Labute approximate surface area is 236 Å². The second-order valence-corrected chi connectivity index (χ2v) is 10.7. The molecule has 0 aromatic heterocycles. The summed E-state index contributed by atoms with van der Waals surface area (Å²) >= 11 is 15.7. The molecule has 9 nitrogen and oxygen atoms in total. The van der Waals surface area contributed by atoms with Gasteiger partial charge in [0, 0.05) is 23.7 Å². The topological polar surface area (TPSA) is 97.4 Å². The molecule has 2 aliphatic rings. The summed E-state index contributed by atoms with van der Waals surface area (Å²) in [5, 5.41) is 1.52. The standard InChI is InChI=1S/C24H21BrClN3O6S2/c1-33-18-11-14(10-17(25)21(18)35-13-20(30)28-6-8-34-9-7-28)12-19-23(32)29(24(36)37-19)27-22(31)15-2-4-16(26)5-3-15/h2-5,10-12H,6-9,13H2,1H3,(H,27,31)/b19-12+. The van der Waals surface area contributed by atoms with Crippen molar-refractivity contribution in [1.82, 2.24) is 15.3 Å². The van der Waals surface area contributed by atoms with Crippen molar-refractivity contribution >= 4 is 79.6 Å². The van der Waals surface area contributed by atoms with Gasteiger partial charge >= 0.3 is 0 Å². The Morgan fingerprint density at radius 3 is 2.62 bits per heavy atom. The molecule has 0 radical (unpaired) electrons. The minimum atomic E-state index is -0.494. The van der Waals surface area contributed by atoms with E-state index in [0.29, 0.717) is 63.3 Å². The van der Waals surface area contributed by atoms with Crippen LogP contribution in [0.1, 0.15) is 15.9 Å². The van der Waals surface area contributed by atoms with Gasteiger partial charge in [-0.1, -0.05) is 23.4 Å². The van der Waals surface area contributed by atoms with E-state index in [0.717, 1.165) is 16.8 Å². The fourth-order valence-corrected chi connectivity index (χ4v) is 5.36. The molecule has 2 aliphatic heterocycles. The maximum atomic E-state index is 13.0. The van der Waals surface area contributed by atoms with Crippen LogP contribution in [0.25, 0.3) is 6.08 Å². The predicted molar refractivity (Wildman–Crippen MR) is 148 cm³/mol. The van der Waals surface area contributed by atoms with Gasteiger partial charge in [0.1, 0.15) is 0 Å². The largest absolute Gasteiger partial charge is 0.493 e. The minimum absolute atomic E-state index is 0.148. The molecule has 0 saturated carbocycles. The zero-order chi connectivity index (χ0) is 26.5. The molecule has 0 aliphatic carbocycles. The predicted octanol–water partition coefficient (Wildman–Crippen LogP) is 3.89. The van der Waals surface area contributed by atoms with Crippen LogP contribution in [0, 0.1) is 0 Å². The van der Waals surface area contributed by atoms with E-state index in [1.165, 1.54) is 7.11 Å². The first-order valence-electron chi connectivity index (χ1n) is 11.0. The number of ether oxygens (including phenoxy) is 3. The SMILES string of the molecule is COc1cc(/C=C2/SC(=S)N(NC(=O)c3ccc(Cl)cc3)C2=O)cc(Br)c1OCC(=O)N1CCOCC1. The van der Waals surface area contributed by atoms with E-state index in [-0.39, 0.29) is 16.8 Å². The molecule has 2 heterocycles. The molecule has 0 atom stereocenters. The van der Waals surface area contributed by atoms with Crippen LogP contribution in [0.15, 0.2) is 45.8 Å². The summed E-state index contributed by atoms with van der Waals surface area (Å²) in [5.74, 6) is -0.368. The molecule has 1 N–H and O–H groups in total. The van der Waals surface area contributed by atoms with Gasteiger partial charge in [0.05, 0.1) is 29.7 Å². The Hall–Kier alpha value is -2.64. The van der Waals surface area contributed by atoms with Gasteiger partial charge < -0.3 is 19.1 Å². The number of thiocarbonyl (C=S) groups is 1. The lowest BCUT2D eigenvalue weighted by atomic mass is 10.2. The second-order valence-electron chi connectivity index (χ2n) is 7.78. The number of rotatable bonds is 7. The average molecular weight is 627 g/mol. The molecule has 2 fully saturated rings. The highest BCUT2D eigenvalue weighted by Gasteiger charge is 2.34. The quantitative estimate of drug-likeness (QED) is 0.365. The van der Waals surface area contributed by atoms with Crippen molar-refractivity contribution in [2.45, 2.75) is 0 Å². The third-order valence-corrected chi connectivity index (χ3v) is 7.51. The van der Waals surface area contributed by atoms with E-state index in [1.807, 2.05) is 0 Å². The summed E-state index contributed by atoms with van der Waals surface area (Å²) in [6, 6.07) is 9.67. The van der Waals surface area contributed by atoms with Crippen LogP contribution >= 0.6 is 51.5 Å². The van der Waals surface area contributed by atoms with Gasteiger partial charge in [-0.05, 0) is 76.2 Å². The molecule has 2 saturated heterocycles. The first-order chi connectivity index (χ1) is 17.8. The highest BCUT2D eigenvalue weighted by Crippen LogP contribution is 2.39. The van der Waals surface area contributed by atoms with Crippen molar-refractivity contribution in [3.05, 3.63) is 61.9 Å². The lowest BCUT2D eigenvalue weighted by Gasteiger charge is -2.27. The first-order valence-corrected chi connectivity index (χ1v) is 13.4. The number of carbonyl (C=O) groups is 3. The smallest absolute Gasteiger partial charge is 0.285 e. The van der Waals surface area contributed by atoms with Crippen molar-refractivity contribution in [3.8, 4) is 11.5 Å². The number of methoxy groups -OCH3 is 1. The molecule has 4 rings (SSSR count). The summed E-state index contributed by atoms with van der Waals surface area (Å²) < 4.78 is 17.2. The lowest BCUT2D eigenvalue weighted by molar-refractivity contribution is -0.137. The number of halogens is 2. The molecule has 0 bridgehead atoms. The van der Waals surface area contributed by atoms with Crippen LogP contribution in [0.2, 0.25) is 5.02 Å². The Morgan fingerprint density at radius 2 is 1.95 bits per heavy atom. The van der Waals surface area contributed by atoms with Crippen LogP contribution in [-0.2, 0) is 14.3 Å². The summed E-state index contributed by atoms with van der Waals surface area (Å²) in [6.07, 6.45) is 1.63. The van der Waals surface area contributed by atoms with Gasteiger partial charge in [-0.3, -0.25) is 19.8 Å². The Morgan fingerprint density at radius 1 is 1.24 bits per heavy atom. The van der Waals surface area contributed by atoms with E-state index >= 15 is 0 Å². The first kappa shape index (κ1) is 27.4. The number of hydrogen-bond acceptors (Lipinski definition) is 8. The monoisotopic (exact) mass is 625 g/mol. The van der Waals surface area contributed by atoms with Crippen LogP contribution in [0.5, 0.6) is 11.5 Å². The number of carbonyl (C=O) groups excluding carboxylic acids is 3. The summed E-state index contributed by atoms with van der Waals surface area (Å²) in [5.41, 5.74) is 3.49. The van der Waals surface area contributed by atoms with E-state index in [9.17, 15) is 14.4 Å². The van der Waals surface area contributed by atoms with Crippen molar-refractivity contribution in [2.24, 2.45) is 0 Å². The van der Waals surface area contributed by atoms with Gasteiger partial charge in [-0.25, -0.2) is 0 Å². The Bertz CT molecular complexity index is 1270. The van der Waals surface area contributed by atoms with E-state index in [2.05, 4.69) is 21.4 Å². The van der Waals surface area contributed by atoms with E-state index in [1.54, 1.807) is 47.4 Å². The van der Waals surface area contributed by atoms with Crippen molar-refractivity contribution in [3.63, 3.8) is 0 Å². The fourth-order valence-electron chi connectivity index (χ4n) is 3.48. The third kappa shape index (κ3) is 6.63. The molecule has 2 aromatic carbocycles. The molecule has 194 valence electrons. The maximum absolute atomic E-state index is 13.0. The van der Waals surface area contributed by atoms with Crippen molar-refractivity contribution in [2.75, 3.05) is 40.0 Å². The van der Waals surface area contributed by atoms with Crippen LogP contribution in [0.4, 0.5) is 0 Å². The van der Waals surface area contributed by atoms with Crippen LogP contribution < -0.4 is 14.9 Å². The maximum Gasteiger partial charge on any atom is 0.285 e. The number of amides is 3. The van der Waals surface area contributed by atoms with E-state index in [4.69, 9.17) is 38.0 Å². The second kappa shape index (κ2) is 12.3. The average Bonchev–Trinajstić information content (AvgIpc) is 3.15. The summed E-state index contributed by atoms with van der Waals surface area (Å²) in [4.78, 5) is 40.0. The highest BCUT2D eigenvalue weighted by atomic mass is 79.9. The van der Waals surface area contributed by atoms with Gasteiger partial charge in [-0.2, -0.15) is 5.01 Å². The zero-order valence-corrected chi connectivity index (χ0v) is 23.5. The molecule has 0 unspecified atom stereocenters. The normalized spacial score (nSPS) is 16.8. The molecule has 2 aromatic rings. The molecule has 3 amide bonds. The van der Waals surface area contributed by atoms with Crippen molar-refractivity contribution in [1.29, 1.82) is 0 Å². The number of nitrogens with one attached hydrogen (secondary N) is 1. The van der Waals surface area contributed by atoms with E-state index < -0.39 is 11.8 Å². The van der Waals surface area contributed by atoms with Gasteiger partial charge in [0.25, 0.3) is 17.7 Å². The van der Waals surface area contributed by atoms with Crippen molar-refractivity contribution < 1.29 is 28.6 Å². The number of benzene rings is 2. The molecular formula is C24H21BrClN3O6S2. The lowest BCUT2D eigenvalue weighted by Crippen LogP contribution is -2.44. The van der Waals surface area contributed by atoms with Gasteiger partial charge in [-0.15, -0.1) is 0 Å².